The molecule has 1 aliphatic rings. The van der Waals surface area contributed by atoms with Gasteiger partial charge in [0.2, 0.25) is 11.8 Å². The topological polar surface area (TPSA) is 95.9 Å². The van der Waals surface area contributed by atoms with Crippen LogP contribution in [0.15, 0.2) is 56.5 Å². The first-order valence-electron chi connectivity index (χ1n) is 8.12. The molecule has 7 nitrogen and oxygen atoms in total. The van der Waals surface area contributed by atoms with Gasteiger partial charge in [0.15, 0.2) is 5.17 Å². The summed E-state index contributed by atoms with van der Waals surface area (Å²) in [4.78, 5) is 26.1. The Labute approximate surface area is 165 Å². The fraction of sp³-hybridized carbons (Fsp3) is 0.235. The SMILES string of the molecule is CCN1C(=O)C(CC(=O)Nc2ccccc2)S/C1=N/S(=O)(=O)c1cccs1. The van der Waals surface area contributed by atoms with Crippen molar-refractivity contribution in [2.24, 2.45) is 4.40 Å². The number of rotatable bonds is 6. The number of anilines is 1. The lowest BCUT2D eigenvalue weighted by molar-refractivity contribution is -0.128. The lowest BCUT2D eigenvalue weighted by atomic mass is 10.2. The summed E-state index contributed by atoms with van der Waals surface area (Å²) in [7, 11) is -3.88. The van der Waals surface area contributed by atoms with Crippen LogP contribution in [0.4, 0.5) is 5.69 Å². The molecule has 0 radical (unpaired) electrons. The minimum atomic E-state index is -3.88. The molecule has 142 valence electrons. The fourth-order valence-corrected chi connectivity index (χ4v) is 5.85. The molecule has 1 atom stereocenters. The Morgan fingerprint density at radius 3 is 2.59 bits per heavy atom. The van der Waals surface area contributed by atoms with E-state index in [1.165, 1.54) is 11.0 Å². The number of nitrogens with zero attached hydrogens (tertiary/aromatic N) is 2. The molecule has 1 fully saturated rings. The summed E-state index contributed by atoms with van der Waals surface area (Å²) in [6, 6.07) is 12.0. The van der Waals surface area contributed by atoms with Gasteiger partial charge in [0.05, 0.1) is 0 Å². The van der Waals surface area contributed by atoms with Gasteiger partial charge in [-0.2, -0.15) is 8.42 Å². The highest BCUT2D eigenvalue weighted by Crippen LogP contribution is 2.31. The molecule has 1 unspecified atom stereocenters. The van der Waals surface area contributed by atoms with Gasteiger partial charge in [-0.1, -0.05) is 36.0 Å². The molecule has 10 heteroatoms. The van der Waals surface area contributed by atoms with E-state index in [1.807, 2.05) is 6.07 Å². The van der Waals surface area contributed by atoms with Gasteiger partial charge in [-0.15, -0.1) is 15.7 Å². The Bertz CT molecular complexity index is 957. The van der Waals surface area contributed by atoms with Crippen molar-refractivity contribution in [1.82, 2.24) is 4.90 Å². The van der Waals surface area contributed by atoms with Crippen molar-refractivity contribution in [1.29, 1.82) is 0 Å². The summed E-state index contributed by atoms with van der Waals surface area (Å²) >= 11 is 2.07. The number of benzene rings is 1. The molecule has 27 heavy (non-hydrogen) atoms. The molecular weight excluding hydrogens is 406 g/mol. The minimum absolute atomic E-state index is 0.0625. The van der Waals surface area contributed by atoms with Crippen LogP contribution in [-0.2, 0) is 19.6 Å². The molecule has 1 aromatic carbocycles. The van der Waals surface area contributed by atoms with Gasteiger partial charge in [0.1, 0.15) is 9.46 Å². The number of hydrogen-bond acceptors (Lipinski definition) is 6. The van der Waals surface area contributed by atoms with E-state index in [9.17, 15) is 18.0 Å². The maximum absolute atomic E-state index is 12.6. The highest BCUT2D eigenvalue weighted by molar-refractivity contribution is 8.16. The van der Waals surface area contributed by atoms with Crippen LogP contribution < -0.4 is 5.32 Å². The third-order valence-corrected chi connectivity index (χ3v) is 7.64. The van der Waals surface area contributed by atoms with Crippen LogP contribution in [0.25, 0.3) is 0 Å². The highest BCUT2D eigenvalue weighted by Gasteiger charge is 2.39. The number of amides is 2. The predicted octanol–water partition coefficient (Wildman–Crippen LogP) is 2.79. The average molecular weight is 424 g/mol. The number of amidine groups is 1. The average Bonchev–Trinajstić information content (AvgIpc) is 3.25. The highest BCUT2D eigenvalue weighted by atomic mass is 32.2. The van der Waals surface area contributed by atoms with E-state index >= 15 is 0 Å². The van der Waals surface area contributed by atoms with E-state index in [-0.39, 0.29) is 34.2 Å². The zero-order chi connectivity index (χ0) is 19.4. The number of carbonyl (C=O) groups is 2. The molecule has 2 amide bonds. The van der Waals surface area contributed by atoms with Gasteiger partial charge in [0, 0.05) is 18.7 Å². The van der Waals surface area contributed by atoms with Crippen molar-refractivity contribution in [2.75, 3.05) is 11.9 Å². The van der Waals surface area contributed by atoms with Gasteiger partial charge in [-0.25, -0.2) is 0 Å². The van der Waals surface area contributed by atoms with Crippen molar-refractivity contribution in [3.05, 3.63) is 47.8 Å². The number of nitrogens with one attached hydrogen (secondary N) is 1. The van der Waals surface area contributed by atoms with Crippen LogP contribution in [0.3, 0.4) is 0 Å². The van der Waals surface area contributed by atoms with E-state index in [1.54, 1.807) is 42.6 Å². The van der Waals surface area contributed by atoms with Crippen LogP contribution in [0.2, 0.25) is 0 Å². The van der Waals surface area contributed by atoms with Gasteiger partial charge in [-0.3, -0.25) is 14.5 Å². The van der Waals surface area contributed by atoms with Crippen LogP contribution >= 0.6 is 23.1 Å². The second-order valence-electron chi connectivity index (χ2n) is 5.59. The van der Waals surface area contributed by atoms with Crippen molar-refractivity contribution < 1.29 is 18.0 Å². The third kappa shape index (κ3) is 4.57. The number of para-hydroxylation sites is 1. The molecule has 2 heterocycles. The second kappa shape index (κ2) is 8.24. The van der Waals surface area contributed by atoms with Crippen LogP contribution in [0.1, 0.15) is 13.3 Å². The number of sulfonamides is 1. The molecular formula is C17H17N3O4S3. The zero-order valence-electron chi connectivity index (χ0n) is 14.4. The van der Waals surface area contributed by atoms with E-state index < -0.39 is 15.3 Å². The summed E-state index contributed by atoms with van der Waals surface area (Å²) in [5.41, 5.74) is 0.638. The first-order valence-corrected chi connectivity index (χ1v) is 11.3. The molecule has 1 saturated heterocycles. The lowest BCUT2D eigenvalue weighted by Gasteiger charge is -2.13. The van der Waals surface area contributed by atoms with Crippen molar-refractivity contribution in [3.8, 4) is 0 Å². The normalized spacial score (nSPS) is 18.9. The van der Waals surface area contributed by atoms with Crippen molar-refractivity contribution in [3.63, 3.8) is 0 Å². The Morgan fingerprint density at radius 2 is 1.96 bits per heavy atom. The van der Waals surface area contributed by atoms with E-state index in [2.05, 4.69) is 9.71 Å². The van der Waals surface area contributed by atoms with Gasteiger partial charge in [-0.05, 0) is 30.5 Å². The summed E-state index contributed by atoms with van der Waals surface area (Å²) < 4.78 is 28.7. The quantitative estimate of drug-likeness (QED) is 0.771. The van der Waals surface area contributed by atoms with Crippen LogP contribution in [0, 0.1) is 0 Å². The monoisotopic (exact) mass is 423 g/mol. The Morgan fingerprint density at radius 1 is 1.22 bits per heavy atom. The number of thiophene rings is 1. The Balaban J connectivity index is 1.74. The van der Waals surface area contributed by atoms with E-state index in [0.29, 0.717) is 5.69 Å². The first-order chi connectivity index (χ1) is 12.9. The third-order valence-electron chi connectivity index (χ3n) is 3.71. The maximum Gasteiger partial charge on any atom is 0.294 e. The molecule has 0 aliphatic carbocycles. The summed E-state index contributed by atoms with van der Waals surface area (Å²) in [6.07, 6.45) is -0.0625. The number of thioether (sulfide) groups is 1. The van der Waals surface area contributed by atoms with Crippen molar-refractivity contribution >= 4 is 55.8 Å². The van der Waals surface area contributed by atoms with E-state index in [4.69, 9.17) is 0 Å². The smallest absolute Gasteiger partial charge is 0.294 e. The molecule has 3 rings (SSSR count). The van der Waals surface area contributed by atoms with Gasteiger partial charge in [0.25, 0.3) is 10.0 Å². The zero-order valence-corrected chi connectivity index (χ0v) is 16.8. The summed E-state index contributed by atoms with van der Waals surface area (Å²) in [6.45, 7) is 2.01. The molecule has 0 saturated carbocycles. The second-order valence-corrected chi connectivity index (χ2v) is 9.54. The molecule has 1 aromatic heterocycles. The molecule has 0 spiro atoms. The first kappa shape index (κ1) is 19.6. The minimum Gasteiger partial charge on any atom is -0.326 e. The molecule has 1 aliphatic heterocycles. The lowest BCUT2D eigenvalue weighted by Crippen LogP contribution is -2.33. The van der Waals surface area contributed by atoms with Crippen LogP contribution in [0.5, 0.6) is 0 Å². The predicted molar refractivity (Wildman–Crippen MR) is 107 cm³/mol. The molecule has 2 aromatic rings. The maximum atomic E-state index is 12.6. The van der Waals surface area contributed by atoms with Crippen molar-refractivity contribution in [2.45, 2.75) is 22.8 Å². The largest absolute Gasteiger partial charge is 0.326 e. The number of carbonyl (C=O) groups excluding carboxylic acids is 2. The Kier molecular flexibility index (Phi) is 5.98. The van der Waals surface area contributed by atoms with Crippen LogP contribution in [-0.4, -0.2) is 42.1 Å². The molecule has 0 bridgehead atoms. The molecule has 1 N–H and O–H groups in total. The summed E-state index contributed by atoms with van der Waals surface area (Å²) in [5, 5.41) is 3.78. The summed E-state index contributed by atoms with van der Waals surface area (Å²) in [5.74, 6) is -0.628. The Hall–Kier alpha value is -2.17. The number of hydrogen-bond donors (Lipinski definition) is 1. The van der Waals surface area contributed by atoms with Gasteiger partial charge >= 0.3 is 0 Å². The fourth-order valence-electron chi connectivity index (χ4n) is 2.46. The van der Waals surface area contributed by atoms with E-state index in [0.717, 1.165) is 23.1 Å². The van der Waals surface area contributed by atoms with Gasteiger partial charge < -0.3 is 5.32 Å². The standard InChI is InChI=1S/C17H17N3O4S3/c1-2-20-16(22)13(11-14(21)18-12-7-4-3-5-8-12)26-17(20)19-27(23,24)15-9-6-10-25-15/h3-10,13H,2,11H2,1H3,(H,18,21)/b19-17+.